The minimum atomic E-state index is 0.0902. The maximum absolute atomic E-state index is 6.07. The highest BCUT2D eigenvalue weighted by atomic mass is 35.5. The minimum Gasteiger partial charge on any atom is -0.297 e. The number of benzene rings is 2. The lowest BCUT2D eigenvalue weighted by atomic mass is 9.84. The molecule has 0 saturated heterocycles. The van der Waals surface area contributed by atoms with E-state index in [0.717, 1.165) is 10.0 Å². The first-order valence-corrected chi connectivity index (χ1v) is 8.55. The SMILES string of the molecule is CN=C/C=C(\C=C(C)C)C(c1ccc(Cl)cc1)c1ccc(Cl)cc1. The molecule has 0 aliphatic carbocycles. The molecule has 2 rings (SSSR count). The van der Waals surface area contributed by atoms with Crippen LogP contribution in [-0.4, -0.2) is 13.3 Å². The van der Waals surface area contributed by atoms with E-state index in [1.54, 1.807) is 7.05 Å². The number of aliphatic imine (C=N–C) groups is 1. The van der Waals surface area contributed by atoms with Crippen LogP contribution in [0, 0.1) is 0 Å². The second kappa shape index (κ2) is 8.86. The first-order chi connectivity index (χ1) is 11.5. The molecular formula is C21H21Cl2N. The third-order valence-corrected chi connectivity index (χ3v) is 4.12. The first kappa shape index (κ1) is 18.5. The lowest BCUT2D eigenvalue weighted by Gasteiger charge is -2.20. The van der Waals surface area contributed by atoms with Crippen molar-refractivity contribution in [3.8, 4) is 0 Å². The Kier molecular flexibility index (Phi) is 6.84. The Morgan fingerprint density at radius 2 is 1.33 bits per heavy atom. The van der Waals surface area contributed by atoms with E-state index in [-0.39, 0.29) is 5.92 Å². The third kappa shape index (κ3) is 5.09. The van der Waals surface area contributed by atoms with Crippen LogP contribution in [-0.2, 0) is 0 Å². The molecule has 0 aliphatic heterocycles. The van der Waals surface area contributed by atoms with Crippen molar-refractivity contribution in [2.24, 2.45) is 4.99 Å². The highest BCUT2D eigenvalue weighted by Gasteiger charge is 2.17. The Bertz CT molecular complexity index is 704. The molecule has 3 heteroatoms. The van der Waals surface area contributed by atoms with Gasteiger partial charge in [-0.05, 0) is 60.9 Å². The summed E-state index contributed by atoms with van der Waals surface area (Å²) >= 11 is 12.1. The van der Waals surface area contributed by atoms with Crippen LogP contribution in [0.2, 0.25) is 10.0 Å². The smallest absolute Gasteiger partial charge is 0.0406 e. The monoisotopic (exact) mass is 357 g/mol. The van der Waals surface area contributed by atoms with Crippen LogP contribution >= 0.6 is 23.2 Å². The predicted octanol–water partition coefficient (Wildman–Crippen LogP) is 6.72. The van der Waals surface area contributed by atoms with E-state index in [4.69, 9.17) is 23.2 Å². The lowest BCUT2D eigenvalue weighted by molar-refractivity contribution is 0.974. The van der Waals surface area contributed by atoms with Gasteiger partial charge in [0.15, 0.2) is 0 Å². The van der Waals surface area contributed by atoms with Crippen molar-refractivity contribution in [1.82, 2.24) is 0 Å². The van der Waals surface area contributed by atoms with E-state index in [1.165, 1.54) is 22.3 Å². The van der Waals surface area contributed by atoms with E-state index in [0.29, 0.717) is 0 Å². The second-order valence-electron chi connectivity index (χ2n) is 5.83. The highest BCUT2D eigenvalue weighted by molar-refractivity contribution is 6.30. The molecule has 2 aromatic carbocycles. The molecule has 0 N–H and O–H groups in total. The number of nitrogens with zero attached hydrogens (tertiary/aromatic N) is 1. The van der Waals surface area contributed by atoms with Crippen molar-refractivity contribution in [3.63, 3.8) is 0 Å². The summed E-state index contributed by atoms with van der Waals surface area (Å²) in [6.07, 6.45) is 6.07. The Morgan fingerprint density at radius 1 is 0.875 bits per heavy atom. The average molecular weight is 358 g/mol. The summed E-state index contributed by atoms with van der Waals surface area (Å²) in [7, 11) is 1.77. The zero-order valence-electron chi connectivity index (χ0n) is 14.1. The summed E-state index contributed by atoms with van der Waals surface area (Å²) in [4.78, 5) is 4.11. The Balaban J connectivity index is 2.61. The fourth-order valence-corrected chi connectivity index (χ4v) is 2.86. The summed E-state index contributed by atoms with van der Waals surface area (Å²) in [5, 5.41) is 1.47. The van der Waals surface area contributed by atoms with Crippen LogP contribution in [0.1, 0.15) is 30.9 Å². The fourth-order valence-electron chi connectivity index (χ4n) is 2.61. The van der Waals surface area contributed by atoms with Crippen LogP contribution in [0.4, 0.5) is 0 Å². The normalized spacial score (nSPS) is 12.0. The van der Waals surface area contributed by atoms with Gasteiger partial charge in [0.1, 0.15) is 0 Å². The molecule has 0 bridgehead atoms. The van der Waals surface area contributed by atoms with E-state index < -0.39 is 0 Å². The van der Waals surface area contributed by atoms with E-state index in [2.05, 4.69) is 55.3 Å². The van der Waals surface area contributed by atoms with Gasteiger partial charge in [0.25, 0.3) is 0 Å². The Labute approximate surface area is 154 Å². The summed E-state index contributed by atoms with van der Waals surface area (Å²) in [6, 6.07) is 16.0. The molecular weight excluding hydrogens is 337 g/mol. The topological polar surface area (TPSA) is 12.4 Å². The average Bonchev–Trinajstić information content (AvgIpc) is 2.55. The molecule has 0 unspecified atom stereocenters. The molecule has 0 fully saturated rings. The van der Waals surface area contributed by atoms with Gasteiger partial charge in [-0.25, -0.2) is 0 Å². The Morgan fingerprint density at radius 3 is 1.71 bits per heavy atom. The van der Waals surface area contributed by atoms with Crippen LogP contribution < -0.4 is 0 Å². The van der Waals surface area contributed by atoms with Crippen molar-refractivity contribution < 1.29 is 0 Å². The van der Waals surface area contributed by atoms with Gasteiger partial charge < -0.3 is 0 Å². The largest absolute Gasteiger partial charge is 0.297 e. The summed E-state index contributed by atoms with van der Waals surface area (Å²) in [5.41, 5.74) is 4.76. The highest BCUT2D eigenvalue weighted by Crippen LogP contribution is 2.34. The van der Waals surface area contributed by atoms with E-state index >= 15 is 0 Å². The zero-order valence-corrected chi connectivity index (χ0v) is 15.6. The van der Waals surface area contributed by atoms with Crippen LogP contribution in [0.5, 0.6) is 0 Å². The van der Waals surface area contributed by atoms with Gasteiger partial charge in [0.05, 0.1) is 0 Å². The number of rotatable bonds is 5. The van der Waals surface area contributed by atoms with Crippen LogP contribution in [0.25, 0.3) is 0 Å². The fraction of sp³-hybridized carbons (Fsp3) is 0.190. The molecule has 0 heterocycles. The minimum absolute atomic E-state index is 0.0902. The summed E-state index contributed by atoms with van der Waals surface area (Å²) < 4.78 is 0. The molecule has 0 saturated carbocycles. The van der Waals surface area contributed by atoms with Gasteiger partial charge in [-0.1, -0.05) is 59.1 Å². The molecule has 1 nitrogen and oxygen atoms in total. The van der Waals surface area contributed by atoms with Crippen molar-refractivity contribution in [3.05, 3.63) is 93.0 Å². The molecule has 0 spiro atoms. The van der Waals surface area contributed by atoms with Gasteiger partial charge in [-0.3, -0.25) is 4.99 Å². The third-order valence-electron chi connectivity index (χ3n) is 3.61. The maximum Gasteiger partial charge on any atom is 0.0406 e. The van der Waals surface area contributed by atoms with Crippen LogP contribution in [0.3, 0.4) is 0 Å². The molecule has 2 aromatic rings. The van der Waals surface area contributed by atoms with Crippen molar-refractivity contribution >= 4 is 29.4 Å². The number of hydrogen-bond donors (Lipinski definition) is 0. The second-order valence-corrected chi connectivity index (χ2v) is 6.70. The molecule has 0 aromatic heterocycles. The summed E-state index contributed by atoms with van der Waals surface area (Å²) in [6.45, 7) is 4.19. The van der Waals surface area contributed by atoms with Crippen LogP contribution in [0.15, 0.2) is 76.8 Å². The van der Waals surface area contributed by atoms with Crippen molar-refractivity contribution in [2.45, 2.75) is 19.8 Å². The molecule has 0 aliphatic rings. The molecule has 24 heavy (non-hydrogen) atoms. The lowest BCUT2D eigenvalue weighted by Crippen LogP contribution is -2.04. The van der Waals surface area contributed by atoms with Gasteiger partial charge >= 0.3 is 0 Å². The molecule has 0 radical (unpaired) electrons. The molecule has 124 valence electrons. The Hall–Kier alpha value is -1.83. The first-order valence-electron chi connectivity index (χ1n) is 7.79. The van der Waals surface area contributed by atoms with E-state index in [1.807, 2.05) is 30.5 Å². The number of allylic oxidation sites excluding steroid dienone is 4. The van der Waals surface area contributed by atoms with Crippen molar-refractivity contribution in [1.29, 1.82) is 0 Å². The van der Waals surface area contributed by atoms with Crippen molar-refractivity contribution in [2.75, 3.05) is 7.05 Å². The number of hydrogen-bond acceptors (Lipinski definition) is 1. The maximum atomic E-state index is 6.07. The van der Waals surface area contributed by atoms with Gasteiger partial charge in [-0.15, -0.1) is 0 Å². The van der Waals surface area contributed by atoms with Gasteiger partial charge in [-0.2, -0.15) is 0 Å². The molecule has 0 amide bonds. The molecule has 0 atom stereocenters. The van der Waals surface area contributed by atoms with Gasteiger partial charge in [0.2, 0.25) is 0 Å². The van der Waals surface area contributed by atoms with Gasteiger partial charge in [0, 0.05) is 29.2 Å². The summed E-state index contributed by atoms with van der Waals surface area (Å²) in [5.74, 6) is 0.0902. The number of halogens is 2. The zero-order chi connectivity index (χ0) is 17.5. The quantitative estimate of drug-likeness (QED) is 0.416. The standard InChI is InChI=1S/C21H21Cl2N/c1-15(2)14-18(12-13-24-3)21(16-4-8-19(22)9-5-16)17-6-10-20(23)11-7-17/h4-14,21H,1-3H3/b18-12+,24-13?. The van der Waals surface area contributed by atoms with E-state index in [9.17, 15) is 0 Å². The predicted molar refractivity (Wildman–Crippen MR) is 107 cm³/mol.